The van der Waals surface area contributed by atoms with Gasteiger partial charge in [0.2, 0.25) is 11.8 Å². The molecule has 1 aromatic rings. The number of halogens is 2. The van der Waals surface area contributed by atoms with Crippen LogP contribution in [0.5, 0.6) is 0 Å². The van der Waals surface area contributed by atoms with E-state index >= 15 is 0 Å². The molecule has 0 radical (unpaired) electrons. The van der Waals surface area contributed by atoms with Crippen molar-refractivity contribution in [3.63, 3.8) is 0 Å². The second kappa shape index (κ2) is 6.31. The van der Waals surface area contributed by atoms with E-state index in [1.165, 1.54) is 0 Å². The van der Waals surface area contributed by atoms with Gasteiger partial charge < -0.3 is 10.6 Å². The van der Waals surface area contributed by atoms with Crippen molar-refractivity contribution >= 4 is 5.91 Å². The molecule has 1 aliphatic carbocycles. The number of carbonyl (C=O) groups is 1. The molecule has 20 heavy (non-hydrogen) atoms. The maximum atomic E-state index is 12.9. The molecule has 1 fully saturated rings. The molecular formula is C15H20F2N2O. The molecule has 3 nitrogen and oxygen atoms in total. The van der Waals surface area contributed by atoms with Gasteiger partial charge in [0.05, 0.1) is 0 Å². The van der Waals surface area contributed by atoms with Gasteiger partial charge in [0.25, 0.3) is 0 Å². The molecule has 0 saturated heterocycles. The van der Waals surface area contributed by atoms with Crippen LogP contribution < -0.4 is 5.73 Å². The number of amides is 1. The number of hydrogen-bond acceptors (Lipinski definition) is 2. The minimum Gasteiger partial charge on any atom is -0.341 e. The monoisotopic (exact) mass is 282 g/mol. The molecule has 1 aromatic carbocycles. The highest BCUT2D eigenvalue weighted by Gasteiger charge is 2.49. The Hall–Kier alpha value is -1.49. The molecule has 1 saturated carbocycles. The van der Waals surface area contributed by atoms with Crippen molar-refractivity contribution in [1.82, 2.24) is 4.90 Å². The Kier molecular flexibility index (Phi) is 4.70. The second-order valence-corrected chi connectivity index (χ2v) is 5.31. The summed E-state index contributed by atoms with van der Waals surface area (Å²) < 4.78 is 25.7. The Morgan fingerprint density at radius 3 is 2.45 bits per heavy atom. The number of nitrogens with two attached hydrogens (primary N) is 1. The molecule has 1 aliphatic rings. The Balaban J connectivity index is 1.88. The molecule has 0 aliphatic heterocycles. The molecule has 1 amide bonds. The average Bonchev–Trinajstić information content (AvgIpc) is 2.41. The van der Waals surface area contributed by atoms with E-state index in [-0.39, 0.29) is 18.7 Å². The Morgan fingerprint density at radius 2 is 1.90 bits per heavy atom. The highest BCUT2D eigenvalue weighted by atomic mass is 19.3. The third-order valence-electron chi connectivity index (χ3n) is 3.66. The van der Waals surface area contributed by atoms with E-state index in [1.54, 1.807) is 4.90 Å². The zero-order valence-electron chi connectivity index (χ0n) is 11.4. The highest BCUT2D eigenvalue weighted by molar-refractivity contribution is 5.80. The second-order valence-electron chi connectivity index (χ2n) is 5.31. The summed E-state index contributed by atoms with van der Waals surface area (Å²) in [7, 11) is 0. The molecule has 0 heterocycles. The van der Waals surface area contributed by atoms with Crippen LogP contribution in [0.3, 0.4) is 0 Å². The Morgan fingerprint density at radius 1 is 1.25 bits per heavy atom. The molecule has 0 spiro atoms. The van der Waals surface area contributed by atoms with Crippen LogP contribution in [0.4, 0.5) is 8.78 Å². The topological polar surface area (TPSA) is 46.3 Å². The van der Waals surface area contributed by atoms with Gasteiger partial charge in [-0.1, -0.05) is 30.3 Å². The van der Waals surface area contributed by atoms with Crippen LogP contribution in [0.1, 0.15) is 18.4 Å². The van der Waals surface area contributed by atoms with Gasteiger partial charge in [0, 0.05) is 38.4 Å². The SMILES string of the molecule is NCCN(CCc1ccccc1)C(=O)C1CC(F)(F)C1. The number of alkyl halides is 2. The predicted octanol–water partition coefficient (Wildman–Crippen LogP) is 2.06. The van der Waals surface area contributed by atoms with E-state index in [9.17, 15) is 13.6 Å². The molecule has 0 atom stereocenters. The van der Waals surface area contributed by atoms with Crippen molar-refractivity contribution < 1.29 is 13.6 Å². The van der Waals surface area contributed by atoms with Gasteiger partial charge in [-0.05, 0) is 12.0 Å². The minimum absolute atomic E-state index is 0.183. The summed E-state index contributed by atoms with van der Waals surface area (Å²) in [4.78, 5) is 13.8. The van der Waals surface area contributed by atoms with E-state index in [4.69, 9.17) is 5.73 Å². The van der Waals surface area contributed by atoms with Crippen molar-refractivity contribution in [2.24, 2.45) is 11.7 Å². The lowest BCUT2D eigenvalue weighted by Gasteiger charge is -2.37. The third kappa shape index (κ3) is 3.76. The maximum Gasteiger partial charge on any atom is 0.249 e. The van der Waals surface area contributed by atoms with Crippen LogP contribution >= 0.6 is 0 Å². The zero-order chi connectivity index (χ0) is 14.6. The number of nitrogens with zero attached hydrogens (tertiary/aromatic N) is 1. The summed E-state index contributed by atoms with van der Waals surface area (Å²) in [5.74, 6) is -3.38. The standard InChI is InChI=1S/C15H20F2N2O/c16-15(17)10-13(11-15)14(20)19(9-7-18)8-6-12-4-2-1-3-5-12/h1-5,13H,6-11,18H2. The van der Waals surface area contributed by atoms with E-state index < -0.39 is 11.8 Å². The number of hydrogen-bond donors (Lipinski definition) is 1. The molecule has 2 rings (SSSR count). The zero-order valence-corrected chi connectivity index (χ0v) is 11.4. The van der Waals surface area contributed by atoms with Gasteiger partial charge in [-0.15, -0.1) is 0 Å². The molecule has 5 heteroatoms. The van der Waals surface area contributed by atoms with Gasteiger partial charge >= 0.3 is 0 Å². The lowest BCUT2D eigenvalue weighted by molar-refractivity contribution is -0.159. The fourth-order valence-electron chi connectivity index (χ4n) is 2.49. The average molecular weight is 282 g/mol. The van der Waals surface area contributed by atoms with Gasteiger partial charge in [-0.3, -0.25) is 4.79 Å². The van der Waals surface area contributed by atoms with E-state index in [1.807, 2.05) is 30.3 Å². The summed E-state index contributed by atoms with van der Waals surface area (Å²) in [6.07, 6.45) is 0.0756. The predicted molar refractivity (Wildman–Crippen MR) is 73.5 cm³/mol. The lowest BCUT2D eigenvalue weighted by Crippen LogP contribution is -2.48. The smallest absolute Gasteiger partial charge is 0.249 e. The van der Waals surface area contributed by atoms with Crippen LogP contribution in [-0.2, 0) is 11.2 Å². The first-order valence-electron chi connectivity index (χ1n) is 6.92. The first kappa shape index (κ1) is 14.9. The first-order chi connectivity index (χ1) is 9.52. The normalized spacial score (nSPS) is 17.6. The third-order valence-corrected chi connectivity index (χ3v) is 3.66. The first-order valence-corrected chi connectivity index (χ1v) is 6.92. The Bertz CT molecular complexity index is 442. The summed E-state index contributed by atoms with van der Waals surface area (Å²) in [6, 6.07) is 9.79. The summed E-state index contributed by atoms with van der Waals surface area (Å²) in [5.41, 5.74) is 6.63. The molecule has 110 valence electrons. The van der Waals surface area contributed by atoms with Crippen molar-refractivity contribution in [3.05, 3.63) is 35.9 Å². The largest absolute Gasteiger partial charge is 0.341 e. The van der Waals surface area contributed by atoms with Gasteiger partial charge in [0.1, 0.15) is 0 Å². The van der Waals surface area contributed by atoms with Crippen LogP contribution in [0, 0.1) is 5.92 Å². The maximum absolute atomic E-state index is 12.9. The summed E-state index contributed by atoms with van der Waals surface area (Å²) >= 11 is 0. The fraction of sp³-hybridized carbons (Fsp3) is 0.533. The highest BCUT2D eigenvalue weighted by Crippen LogP contribution is 2.43. The molecule has 0 aromatic heterocycles. The van der Waals surface area contributed by atoms with Crippen molar-refractivity contribution in [2.75, 3.05) is 19.6 Å². The van der Waals surface area contributed by atoms with Crippen LogP contribution in [-0.4, -0.2) is 36.4 Å². The molecule has 2 N–H and O–H groups in total. The van der Waals surface area contributed by atoms with Crippen LogP contribution in [0.25, 0.3) is 0 Å². The number of benzene rings is 1. The van der Waals surface area contributed by atoms with E-state index in [0.29, 0.717) is 19.6 Å². The van der Waals surface area contributed by atoms with Gasteiger partial charge in [-0.2, -0.15) is 0 Å². The molecule has 0 unspecified atom stereocenters. The fourth-order valence-corrected chi connectivity index (χ4v) is 2.49. The van der Waals surface area contributed by atoms with Crippen molar-refractivity contribution in [1.29, 1.82) is 0 Å². The van der Waals surface area contributed by atoms with Crippen LogP contribution in [0.15, 0.2) is 30.3 Å². The van der Waals surface area contributed by atoms with Gasteiger partial charge in [0.15, 0.2) is 0 Å². The summed E-state index contributed by atoms with van der Waals surface area (Å²) in [6.45, 7) is 1.31. The molecule has 0 bridgehead atoms. The van der Waals surface area contributed by atoms with Crippen molar-refractivity contribution in [2.45, 2.75) is 25.2 Å². The van der Waals surface area contributed by atoms with Crippen LogP contribution in [0.2, 0.25) is 0 Å². The lowest BCUT2D eigenvalue weighted by atomic mass is 9.80. The minimum atomic E-state index is -2.66. The quantitative estimate of drug-likeness (QED) is 0.868. The van der Waals surface area contributed by atoms with Gasteiger partial charge in [-0.25, -0.2) is 8.78 Å². The summed E-state index contributed by atoms with van der Waals surface area (Å²) in [5, 5.41) is 0. The Labute approximate surface area is 117 Å². The van der Waals surface area contributed by atoms with Crippen molar-refractivity contribution in [3.8, 4) is 0 Å². The number of rotatable bonds is 6. The molecular weight excluding hydrogens is 262 g/mol. The van der Waals surface area contributed by atoms with E-state index in [0.717, 1.165) is 12.0 Å². The number of carbonyl (C=O) groups excluding carboxylic acids is 1. The van der Waals surface area contributed by atoms with E-state index in [2.05, 4.69) is 0 Å².